The second kappa shape index (κ2) is 6.34. The molecule has 0 aromatic carbocycles. The molecule has 0 bridgehead atoms. The molecule has 0 aliphatic rings. The molecule has 0 saturated carbocycles. The van der Waals surface area contributed by atoms with Gasteiger partial charge in [-0.05, 0) is 19.1 Å². The van der Waals surface area contributed by atoms with Crippen molar-refractivity contribution in [3.63, 3.8) is 0 Å². The van der Waals surface area contributed by atoms with Gasteiger partial charge in [0.15, 0.2) is 5.84 Å². The van der Waals surface area contributed by atoms with Gasteiger partial charge in [0.05, 0.1) is 0 Å². The summed E-state index contributed by atoms with van der Waals surface area (Å²) in [6.07, 6.45) is 1.36. The molecule has 1 atom stereocenters. The molecule has 2 amide bonds. The van der Waals surface area contributed by atoms with Gasteiger partial charge in [0.25, 0.3) is 5.91 Å². The van der Waals surface area contributed by atoms with Crippen LogP contribution in [0.3, 0.4) is 0 Å². The number of carbonyl (C=O) groups excluding carboxylic acids is 2. The molecule has 102 valence electrons. The Kier molecular flexibility index (Phi) is 4.81. The van der Waals surface area contributed by atoms with E-state index in [-0.39, 0.29) is 24.0 Å². The first-order valence-corrected chi connectivity index (χ1v) is 5.47. The van der Waals surface area contributed by atoms with E-state index < -0.39 is 11.8 Å². The Morgan fingerprint density at radius 3 is 2.63 bits per heavy atom. The summed E-state index contributed by atoms with van der Waals surface area (Å²) < 4.78 is 0. The lowest BCUT2D eigenvalue weighted by atomic mass is 10.2. The molecule has 19 heavy (non-hydrogen) atoms. The monoisotopic (exact) mass is 265 g/mol. The lowest BCUT2D eigenvalue weighted by molar-refractivity contribution is -0.118. The summed E-state index contributed by atoms with van der Waals surface area (Å²) in [6, 6.07) is 2.55. The summed E-state index contributed by atoms with van der Waals surface area (Å²) >= 11 is 0. The van der Waals surface area contributed by atoms with Crippen molar-refractivity contribution in [1.82, 2.24) is 10.3 Å². The van der Waals surface area contributed by atoms with Crippen molar-refractivity contribution in [2.75, 3.05) is 0 Å². The van der Waals surface area contributed by atoms with E-state index in [1.54, 1.807) is 6.92 Å². The highest BCUT2D eigenvalue weighted by molar-refractivity contribution is 5.98. The molecular weight excluding hydrogens is 250 g/mol. The average Bonchev–Trinajstić information content (AvgIpc) is 2.36. The predicted octanol–water partition coefficient (Wildman–Crippen LogP) is -0.830. The van der Waals surface area contributed by atoms with Gasteiger partial charge < -0.3 is 22.0 Å². The molecule has 0 aliphatic carbocycles. The highest BCUT2D eigenvalue weighted by Crippen LogP contribution is 2.01. The van der Waals surface area contributed by atoms with Crippen molar-refractivity contribution < 1.29 is 14.8 Å². The fourth-order valence-electron chi connectivity index (χ4n) is 1.39. The smallest absolute Gasteiger partial charge is 0.270 e. The number of amides is 2. The number of pyridine rings is 1. The van der Waals surface area contributed by atoms with Crippen LogP contribution in [0.5, 0.6) is 0 Å². The molecule has 6 N–H and O–H groups in total. The van der Waals surface area contributed by atoms with E-state index >= 15 is 0 Å². The van der Waals surface area contributed by atoms with E-state index in [2.05, 4.69) is 15.5 Å². The number of aromatic nitrogens is 1. The summed E-state index contributed by atoms with van der Waals surface area (Å²) in [5.41, 5.74) is 10.9. The quantitative estimate of drug-likeness (QED) is 0.238. The maximum Gasteiger partial charge on any atom is 0.270 e. The lowest BCUT2D eigenvalue weighted by Gasteiger charge is -2.11. The fraction of sp³-hybridized carbons (Fsp3) is 0.273. The van der Waals surface area contributed by atoms with Crippen LogP contribution in [0.4, 0.5) is 0 Å². The highest BCUT2D eigenvalue weighted by atomic mass is 16.4. The van der Waals surface area contributed by atoms with Gasteiger partial charge in [-0.25, -0.2) is 0 Å². The van der Waals surface area contributed by atoms with Crippen LogP contribution in [-0.2, 0) is 4.79 Å². The SMILES string of the molecule is CC(CC(N)=O)NC(=O)c1ccc(/C(N)=N/O)cn1. The van der Waals surface area contributed by atoms with Crippen molar-refractivity contribution in [3.05, 3.63) is 29.6 Å². The van der Waals surface area contributed by atoms with E-state index in [4.69, 9.17) is 16.7 Å². The fourth-order valence-corrected chi connectivity index (χ4v) is 1.39. The van der Waals surface area contributed by atoms with Crippen LogP contribution in [0.25, 0.3) is 0 Å². The van der Waals surface area contributed by atoms with Crippen LogP contribution in [0.15, 0.2) is 23.5 Å². The Labute approximate surface area is 109 Å². The summed E-state index contributed by atoms with van der Waals surface area (Å²) in [5.74, 6) is -1.02. The number of oxime groups is 1. The van der Waals surface area contributed by atoms with Crippen molar-refractivity contribution in [1.29, 1.82) is 0 Å². The van der Waals surface area contributed by atoms with Gasteiger partial charge in [-0.1, -0.05) is 5.16 Å². The third kappa shape index (κ3) is 4.26. The minimum Gasteiger partial charge on any atom is -0.409 e. The third-order valence-electron chi connectivity index (χ3n) is 2.28. The maximum absolute atomic E-state index is 11.8. The van der Waals surface area contributed by atoms with Gasteiger partial charge in [0.2, 0.25) is 5.91 Å². The predicted molar refractivity (Wildman–Crippen MR) is 67.5 cm³/mol. The Morgan fingerprint density at radius 2 is 2.16 bits per heavy atom. The zero-order valence-corrected chi connectivity index (χ0v) is 10.3. The molecular formula is C11H15N5O3. The molecule has 1 unspecified atom stereocenters. The Balaban J connectivity index is 2.70. The van der Waals surface area contributed by atoms with E-state index in [1.165, 1.54) is 18.3 Å². The number of nitrogens with zero attached hydrogens (tertiary/aromatic N) is 2. The first kappa shape index (κ1) is 14.4. The minimum absolute atomic E-state index is 0.0495. The van der Waals surface area contributed by atoms with Crippen LogP contribution in [-0.4, -0.2) is 33.9 Å². The highest BCUT2D eigenvalue weighted by Gasteiger charge is 2.13. The third-order valence-corrected chi connectivity index (χ3v) is 2.28. The average molecular weight is 265 g/mol. The van der Waals surface area contributed by atoms with E-state index in [0.29, 0.717) is 5.56 Å². The number of primary amides is 1. The Bertz CT molecular complexity index is 498. The molecule has 8 nitrogen and oxygen atoms in total. The number of amidine groups is 1. The van der Waals surface area contributed by atoms with Crippen molar-refractivity contribution >= 4 is 17.6 Å². The molecule has 0 spiro atoms. The molecule has 1 aromatic rings. The summed E-state index contributed by atoms with van der Waals surface area (Å²) in [7, 11) is 0. The molecule has 0 aliphatic heterocycles. The minimum atomic E-state index is -0.497. The molecule has 1 heterocycles. The van der Waals surface area contributed by atoms with Crippen LogP contribution < -0.4 is 16.8 Å². The molecule has 0 fully saturated rings. The van der Waals surface area contributed by atoms with Gasteiger partial charge in [0.1, 0.15) is 5.69 Å². The van der Waals surface area contributed by atoms with Crippen LogP contribution in [0, 0.1) is 0 Å². The second-order valence-corrected chi connectivity index (χ2v) is 3.96. The van der Waals surface area contributed by atoms with E-state index in [1.807, 2.05) is 0 Å². The first-order chi connectivity index (χ1) is 8.93. The topological polar surface area (TPSA) is 144 Å². The van der Waals surface area contributed by atoms with Gasteiger partial charge >= 0.3 is 0 Å². The number of nitrogens with one attached hydrogen (secondary N) is 1. The Morgan fingerprint density at radius 1 is 1.47 bits per heavy atom. The van der Waals surface area contributed by atoms with Crippen molar-refractivity contribution in [2.24, 2.45) is 16.6 Å². The van der Waals surface area contributed by atoms with Gasteiger partial charge in [-0.3, -0.25) is 14.6 Å². The van der Waals surface area contributed by atoms with Crippen LogP contribution in [0.1, 0.15) is 29.4 Å². The molecule has 8 heteroatoms. The lowest BCUT2D eigenvalue weighted by Crippen LogP contribution is -2.36. The number of hydrogen-bond donors (Lipinski definition) is 4. The first-order valence-electron chi connectivity index (χ1n) is 5.47. The van der Waals surface area contributed by atoms with Crippen LogP contribution in [0.2, 0.25) is 0 Å². The number of hydrogen-bond acceptors (Lipinski definition) is 5. The van der Waals surface area contributed by atoms with E-state index in [0.717, 1.165) is 0 Å². The van der Waals surface area contributed by atoms with Gasteiger partial charge in [0, 0.05) is 24.2 Å². The van der Waals surface area contributed by atoms with Crippen molar-refractivity contribution in [2.45, 2.75) is 19.4 Å². The molecule has 0 radical (unpaired) electrons. The van der Waals surface area contributed by atoms with Gasteiger partial charge in [-0.2, -0.15) is 0 Å². The standard InChI is InChI=1S/C11H15N5O3/c1-6(4-9(12)17)15-11(18)8-3-2-7(5-14-8)10(13)16-19/h2-3,5-6,19H,4H2,1H3,(H2,12,17)(H2,13,16)(H,15,18). The molecule has 1 rings (SSSR count). The molecule has 1 aromatic heterocycles. The van der Waals surface area contributed by atoms with E-state index in [9.17, 15) is 9.59 Å². The van der Waals surface area contributed by atoms with Crippen LogP contribution >= 0.6 is 0 Å². The Hall–Kier alpha value is -2.64. The number of rotatable bonds is 5. The summed E-state index contributed by atoms with van der Waals surface area (Å²) in [6.45, 7) is 1.66. The van der Waals surface area contributed by atoms with Crippen molar-refractivity contribution in [3.8, 4) is 0 Å². The normalized spacial score (nSPS) is 12.8. The largest absolute Gasteiger partial charge is 0.409 e. The molecule has 0 saturated heterocycles. The number of carbonyl (C=O) groups is 2. The van der Waals surface area contributed by atoms with Gasteiger partial charge in [-0.15, -0.1) is 0 Å². The summed E-state index contributed by atoms with van der Waals surface area (Å²) in [5, 5.41) is 13.9. The zero-order valence-electron chi connectivity index (χ0n) is 10.3. The zero-order chi connectivity index (χ0) is 14.4. The number of nitrogens with two attached hydrogens (primary N) is 2. The second-order valence-electron chi connectivity index (χ2n) is 3.96. The maximum atomic E-state index is 11.8. The summed E-state index contributed by atoms with van der Waals surface area (Å²) in [4.78, 5) is 26.3.